The van der Waals surface area contributed by atoms with E-state index in [-0.39, 0.29) is 0 Å². The van der Waals surface area contributed by atoms with Crippen molar-refractivity contribution in [2.45, 2.75) is 32.2 Å². The molecule has 0 radical (unpaired) electrons. The Hall–Kier alpha value is -2.18. The van der Waals surface area contributed by atoms with Crippen molar-refractivity contribution < 1.29 is 9.90 Å². The highest BCUT2D eigenvalue weighted by atomic mass is 16.4. The third-order valence-corrected chi connectivity index (χ3v) is 2.67. The number of carboxylic acid groups (broad SMARTS) is 1. The number of fused-ring (bicyclic) bond motifs is 1. The Labute approximate surface area is 104 Å². The molecule has 0 aliphatic carbocycles. The number of hydrogen-bond donors (Lipinski definition) is 2. The van der Waals surface area contributed by atoms with Gasteiger partial charge in [0.15, 0.2) is 5.82 Å². The molecule has 0 amide bonds. The van der Waals surface area contributed by atoms with Crippen LogP contribution in [0.4, 0.5) is 5.82 Å². The number of aromatic nitrogens is 4. The van der Waals surface area contributed by atoms with E-state index in [1.54, 1.807) is 23.1 Å². The minimum absolute atomic E-state index is 0.443. The lowest BCUT2D eigenvalue weighted by atomic mass is 10.1. The summed E-state index contributed by atoms with van der Waals surface area (Å²) in [5, 5.41) is 19.7. The van der Waals surface area contributed by atoms with Crippen LogP contribution in [0.1, 0.15) is 26.2 Å². The van der Waals surface area contributed by atoms with Gasteiger partial charge < -0.3 is 10.4 Å². The summed E-state index contributed by atoms with van der Waals surface area (Å²) in [6.45, 7) is 2.02. The molecule has 7 heteroatoms. The van der Waals surface area contributed by atoms with Crippen molar-refractivity contribution in [2.24, 2.45) is 0 Å². The molecule has 18 heavy (non-hydrogen) atoms. The van der Waals surface area contributed by atoms with Crippen molar-refractivity contribution >= 4 is 17.4 Å². The van der Waals surface area contributed by atoms with Crippen LogP contribution in [-0.2, 0) is 4.79 Å². The van der Waals surface area contributed by atoms with Gasteiger partial charge in [0.05, 0.1) is 0 Å². The second-order valence-corrected chi connectivity index (χ2v) is 4.02. The number of nitrogens with zero attached hydrogens (tertiary/aromatic N) is 4. The number of anilines is 1. The van der Waals surface area contributed by atoms with Crippen molar-refractivity contribution in [1.29, 1.82) is 0 Å². The van der Waals surface area contributed by atoms with Crippen molar-refractivity contribution in [3.8, 4) is 0 Å². The van der Waals surface area contributed by atoms with Gasteiger partial charge in [-0.3, -0.25) is 4.40 Å². The van der Waals surface area contributed by atoms with E-state index < -0.39 is 12.0 Å². The van der Waals surface area contributed by atoms with Gasteiger partial charge in [0.25, 0.3) is 0 Å². The van der Waals surface area contributed by atoms with Crippen LogP contribution in [0, 0.1) is 0 Å². The lowest BCUT2D eigenvalue weighted by molar-refractivity contribution is -0.138. The van der Waals surface area contributed by atoms with Crippen LogP contribution in [0.5, 0.6) is 0 Å². The number of nitrogens with one attached hydrogen (secondary N) is 1. The normalized spacial score (nSPS) is 12.5. The fourth-order valence-corrected chi connectivity index (χ4v) is 1.69. The van der Waals surface area contributed by atoms with Crippen LogP contribution < -0.4 is 5.32 Å². The number of unbranched alkanes of at least 4 members (excludes halogenated alkanes) is 1. The molecule has 0 saturated heterocycles. The van der Waals surface area contributed by atoms with Gasteiger partial charge in [-0.15, -0.1) is 10.2 Å². The van der Waals surface area contributed by atoms with Crippen LogP contribution in [-0.4, -0.2) is 36.7 Å². The van der Waals surface area contributed by atoms with E-state index in [0.29, 0.717) is 17.9 Å². The molecule has 2 aromatic rings. The van der Waals surface area contributed by atoms with E-state index in [4.69, 9.17) is 5.11 Å². The lowest BCUT2D eigenvalue weighted by Crippen LogP contribution is -2.29. The van der Waals surface area contributed by atoms with Gasteiger partial charge >= 0.3 is 5.97 Å². The van der Waals surface area contributed by atoms with E-state index in [2.05, 4.69) is 20.5 Å². The fourth-order valence-electron chi connectivity index (χ4n) is 1.69. The first kappa shape index (κ1) is 12.3. The predicted octanol–water partition coefficient (Wildman–Crippen LogP) is 1.18. The summed E-state index contributed by atoms with van der Waals surface area (Å²) in [6, 6.07) is -0.652. The molecular weight excluding hydrogens is 234 g/mol. The summed E-state index contributed by atoms with van der Waals surface area (Å²) in [7, 11) is 0. The van der Waals surface area contributed by atoms with Gasteiger partial charge in [-0.05, 0) is 6.42 Å². The van der Waals surface area contributed by atoms with Gasteiger partial charge in [-0.1, -0.05) is 19.8 Å². The minimum atomic E-state index is -0.883. The summed E-state index contributed by atoms with van der Waals surface area (Å²) in [6.07, 6.45) is 7.19. The second-order valence-electron chi connectivity index (χ2n) is 4.02. The first-order valence-electron chi connectivity index (χ1n) is 5.86. The average Bonchev–Trinajstić information content (AvgIpc) is 2.83. The molecular formula is C11H15N5O2. The van der Waals surface area contributed by atoms with E-state index in [1.165, 1.54) is 0 Å². The Kier molecular flexibility index (Phi) is 3.71. The fraction of sp³-hybridized carbons (Fsp3) is 0.455. The molecule has 96 valence electrons. The summed E-state index contributed by atoms with van der Waals surface area (Å²) >= 11 is 0. The molecule has 0 bridgehead atoms. The standard InChI is InChI=1S/C11H15N5O2/c1-2-3-4-8(11(17)18)14-9-10-15-13-7-16(10)6-5-12-9/h5-8H,2-4H2,1H3,(H,12,14)(H,17,18)/t8-/m0/s1. The minimum Gasteiger partial charge on any atom is -0.480 e. The monoisotopic (exact) mass is 249 g/mol. The van der Waals surface area contributed by atoms with Crippen LogP contribution in [0.2, 0.25) is 0 Å². The molecule has 2 heterocycles. The average molecular weight is 249 g/mol. The van der Waals surface area contributed by atoms with E-state index in [0.717, 1.165) is 12.8 Å². The van der Waals surface area contributed by atoms with E-state index >= 15 is 0 Å². The van der Waals surface area contributed by atoms with E-state index in [9.17, 15) is 4.79 Å². The zero-order valence-corrected chi connectivity index (χ0v) is 10.1. The number of aliphatic carboxylic acids is 1. The molecule has 2 rings (SSSR count). The highest BCUT2D eigenvalue weighted by Crippen LogP contribution is 2.13. The van der Waals surface area contributed by atoms with Crippen LogP contribution >= 0.6 is 0 Å². The maximum atomic E-state index is 11.2. The maximum absolute atomic E-state index is 11.2. The molecule has 2 aromatic heterocycles. The Morgan fingerprint density at radius 2 is 2.44 bits per heavy atom. The molecule has 0 aliphatic heterocycles. The topological polar surface area (TPSA) is 92.4 Å². The first-order valence-corrected chi connectivity index (χ1v) is 5.86. The van der Waals surface area contributed by atoms with Gasteiger partial charge in [-0.2, -0.15) is 0 Å². The molecule has 1 atom stereocenters. The molecule has 0 spiro atoms. The summed E-state index contributed by atoms with van der Waals surface area (Å²) in [5.74, 6) is -0.440. The molecule has 0 unspecified atom stereocenters. The SMILES string of the molecule is CCCC[C@H](Nc1nccn2cnnc12)C(=O)O. The number of carboxylic acids is 1. The van der Waals surface area contributed by atoms with Crippen molar-refractivity contribution in [3.05, 3.63) is 18.7 Å². The zero-order valence-electron chi connectivity index (χ0n) is 10.1. The molecule has 7 nitrogen and oxygen atoms in total. The Morgan fingerprint density at radius 1 is 1.61 bits per heavy atom. The quantitative estimate of drug-likeness (QED) is 0.798. The first-order chi connectivity index (χ1) is 8.72. The number of carbonyl (C=O) groups is 1. The summed E-state index contributed by atoms with van der Waals surface area (Å²) in [4.78, 5) is 15.3. The van der Waals surface area contributed by atoms with E-state index in [1.807, 2.05) is 6.92 Å². The number of hydrogen-bond acceptors (Lipinski definition) is 5. The Balaban J connectivity index is 2.20. The maximum Gasteiger partial charge on any atom is 0.326 e. The zero-order chi connectivity index (χ0) is 13.0. The van der Waals surface area contributed by atoms with Crippen LogP contribution in [0.15, 0.2) is 18.7 Å². The van der Waals surface area contributed by atoms with Crippen molar-refractivity contribution in [1.82, 2.24) is 19.6 Å². The van der Waals surface area contributed by atoms with Crippen LogP contribution in [0.25, 0.3) is 5.65 Å². The summed E-state index contributed by atoms with van der Waals surface area (Å²) in [5.41, 5.74) is 0.528. The van der Waals surface area contributed by atoms with Gasteiger partial charge in [-0.25, -0.2) is 9.78 Å². The second kappa shape index (κ2) is 5.44. The van der Waals surface area contributed by atoms with Crippen molar-refractivity contribution in [2.75, 3.05) is 5.32 Å². The third kappa shape index (κ3) is 2.55. The smallest absolute Gasteiger partial charge is 0.326 e. The molecule has 0 saturated carbocycles. The van der Waals surface area contributed by atoms with Gasteiger partial charge in [0.1, 0.15) is 12.4 Å². The van der Waals surface area contributed by atoms with Gasteiger partial charge in [0, 0.05) is 12.4 Å². The molecule has 0 fully saturated rings. The highest BCUT2D eigenvalue weighted by Gasteiger charge is 2.18. The Bertz CT molecular complexity index is 539. The van der Waals surface area contributed by atoms with Crippen LogP contribution in [0.3, 0.4) is 0 Å². The van der Waals surface area contributed by atoms with Crippen molar-refractivity contribution in [3.63, 3.8) is 0 Å². The number of rotatable bonds is 6. The summed E-state index contributed by atoms with van der Waals surface area (Å²) < 4.78 is 1.69. The Morgan fingerprint density at radius 3 is 3.17 bits per heavy atom. The molecule has 2 N–H and O–H groups in total. The molecule has 0 aliphatic rings. The van der Waals surface area contributed by atoms with Gasteiger partial charge in [0.2, 0.25) is 5.65 Å². The molecule has 0 aromatic carbocycles. The largest absolute Gasteiger partial charge is 0.480 e. The lowest BCUT2D eigenvalue weighted by Gasteiger charge is -2.14. The third-order valence-electron chi connectivity index (χ3n) is 2.67. The highest BCUT2D eigenvalue weighted by molar-refractivity contribution is 5.78. The predicted molar refractivity (Wildman–Crippen MR) is 65.4 cm³/mol.